The van der Waals surface area contributed by atoms with Crippen molar-refractivity contribution in [2.24, 2.45) is 0 Å². The summed E-state index contributed by atoms with van der Waals surface area (Å²) in [6.07, 6.45) is 0. The highest BCUT2D eigenvalue weighted by molar-refractivity contribution is 5.98. The van der Waals surface area contributed by atoms with Gasteiger partial charge in [-0.1, -0.05) is 30.3 Å². The van der Waals surface area contributed by atoms with Crippen molar-refractivity contribution < 1.29 is 19.0 Å². The fraction of sp³-hybridized carbons (Fsp3) is 0.333. The summed E-state index contributed by atoms with van der Waals surface area (Å²) in [5.74, 6) is 1.08. The molecule has 30 heavy (non-hydrogen) atoms. The summed E-state index contributed by atoms with van der Waals surface area (Å²) in [4.78, 5) is 19.5. The van der Waals surface area contributed by atoms with Crippen molar-refractivity contribution in [1.82, 2.24) is 9.88 Å². The van der Waals surface area contributed by atoms with Crippen LogP contribution in [0.5, 0.6) is 11.5 Å². The van der Waals surface area contributed by atoms with E-state index in [1.54, 1.807) is 7.11 Å². The first-order chi connectivity index (χ1) is 14.5. The molecule has 0 aliphatic heterocycles. The molecule has 158 valence electrons. The molecular weight excluding hydrogens is 380 g/mol. The maximum absolute atomic E-state index is 12.7. The van der Waals surface area contributed by atoms with E-state index in [0.717, 1.165) is 16.5 Å². The number of aromatic nitrogens is 1. The Bertz CT molecular complexity index is 1020. The zero-order chi connectivity index (χ0) is 21.5. The molecule has 0 radical (unpaired) electrons. The lowest BCUT2D eigenvalue weighted by molar-refractivity contribution is 0.0522. The van der Waals surface area contributed by atoms with E-state index in [-0.39, 0.29) is 5.97 Å². The number of benzene rings is 2. The van der Waals surface area contributed by atoms with Gasteiger partial charge in [0.1, 0.15) is 6.61 Å². The number of carbonyl (C=O) groups excluding carboxylic acids is 1. The zero-order valence-electron chi connectivity index (χ0n) is 18.0. The second kappa shape index (κ2) is 10.1. The number of carbonyl (C=O) groups is 1. The Morgan fingerprint density at radius 2 is 1.77 bits per heavy atom. The third kappa shape index (κ3) is 4.89. The number of ether oxygens (including phenoxy) is 3. The number of para-hydroxylation sites is 3. The molecule has 1 heterocycles. The van der Waals surface area contributed by atoms with Gasteiger partial charge in [0.2, 0.25) is 0 Å². The molecule has 6 nitrogen and oxygen atoms in total. The molecular formula is C24H28N2O4. The first-order valence-electron chi connectivity index (χ1n) is 10.0. The summed E-state index contributed by atoms with van der Waals surface area (Å²) in [5, 5.41) is 0.964. The molecule has 0 atom stereocenters. The van der Waals surface area contributed by atoms with Crippen LogP contribution in [-0.4, -0.2) is 49.8 Å². The summed E-state index contributed by atoms with van der Waals surface area (Å²) in [7, 11) is 3.60. The molecule has 0 amide bonds. The van der Waals surface area contributed by atoms with Gasteiger partial charge in [0.15, 0.2) is 11.5 Å². The fourth-order valence-electron chi connectivity index (χ4n) is 3.41. The van der Waals surface area contributed by atoms with Crippen molar-refractivity contribution in [2.75, 3.05) is 33.9 Å². The smallest absolute Gasteiger partial charge is 0.340 e. The monoisotopic (exact) mass is 408 g/mol. The summed E-state index contributed by atoms with van der Waals surface area (Å²) in [6.45, 7) is 5.74. The van der Waals surface area contributed by atoms with E-state index in [2.05, 4.69) is 4.90 Å². The normalized spacial score (nSPS) is 11.0. The van der Waals surface area contributed by atoms with Crippen molar-refractivity contribution in [3.8, 4) is 11.5 Å². The molecule has 0 aliphatic rings. The van der Waals surface area contributed by atoms with Crippen LogP contribution in [0, 0.1) is 6.92 Å². The first kappa shape index (κ1) is 21.6. The quantitative estimate of drug-likeness (QED) is 0.494. The highest BCUT2D eigenvalue weighted by Gasteiger charge is 2.20. The molecule has 3 aromatic rings. The summed E-state index contributed by atoms with van der Waals surface area (Å²) in [6, 6.07) is 15.4. The second-order valence-corrected chi connectivity index (χ2v) is 7.03. The van der Waals surface area contributed by atoms with Crippen LogP contribution in [0.4, 0.5) is 0 Å². The standard InChI is InChI=1S/C24H28N2O4/c1-5-29-24(27)23-17(2)18-10-6-7-11-19(18)25-20(23)16-26(3)14-15-30-22-13-9-8-12-21(22)28-4/h6-13H,5,14-16H2,1-4H3. The van der Waals surface area contributed by atoms with Crippen LogP contribution in [0.15, 0.2) is 48.5 Å². The number of esters is 1. The van der Waals surface area contributed by atoms with Crippen LogP contribution in [0.1, 0.15) is 28.5 Å². The Morgan fingerprint density at radius 3 is 2.50 bits per heavy atom. The average molecular weight is 408 g/mol. The third-order valence-corrected chi connectivity index (χ3v) is 4.93. The molecule has 0 saturated heterocycles. The minimum Gasteiger partial charge on any atom is -0.493 e. The van der Waals surface area contributed by atoms with E-state index in [9.17, 15) is 4.79 Å². The van der Waals surface area contributed by atoms with Crippen molar-refractivity contribution in [3.05, 3.63) is 65.4 Å². The van der Waals surface area contributed by atoms with Crippen LogP contribution in [0.2, 0.25) is 0 Å². The lowest BCUT2D eigenvalue weighted by Crippen LogP contribution is -2.26. The van der Waals surface area contributed by atoms with Gasteiger partial charge in [-0.15, -0.1) is 0 Å². The molecule has 0 aliphatic carbocycles. The molecule has 0 spiro atoms. The molecule has 0 bridgehead atoms. The second-order valence-electron chi connectivity index (χ2n) is 7.03. The summed E-state index contributed by atoms with van der Waals surface area (Å²) < 4.78 is 16.5. The van der Waals surface area contributed by atoms with E-state index in [0.29, 0.717) is 49.1 Å². The van der Waals surface area contributed by atoms with E-state index >= 15 is 0 Å². The number of fused-ring (bicyclic) bond motifs is 1. The number of methoxy groups -OCH3 is 1. The number of hydrogen-bond donors (Lipinski definition) is 0. The lowest BCUT2D eigenvalue weighted by atomic mass is 10.0. The van der Waals surface area contributed by atoms with Gasteiger partial charge < -0.3 is 14.2 Å². The molecule has 0 fully saturated rings. The number of rotatable bonds is 9. The van der Waals surface area contributed by atoms with Gasteiger partial charge in [0, 0.05) is 18.5 Å². The third-order valence-electron chi connectivity index (χ3n) is 4.93. The predicted molar refractivity (Wildman–Crippen MR) is 117 cm³/mol. The molecule has 0 unspecified atom stereocenters. The molecule has 6 heteroatoms. The highest BCUT2D eigenvalue weighted by Crippen LogP contribution is 2.26. The molecule has 3 rings (SSSR count). The Morgan fingerprint density at radius 1 is 1.07 bits per heavy atom. The van der Waals surface area contributed by atoms with Crippen LogP contribution in [0.3, 0.4) is 0 Å². The minimum atomic E-state index is -0.332. The van der Waals surface area contributed by atoms with Crippen molar-refractivity contribution in [2.45, 2.75) is 20.4 Å². The van der Waals surface area contributed by atoms with Crippen LogP contribution in [0.25, 0.3) is 10.9 Å². The Hall–Kier alpha value is -3.12. The highest BCUT2D eigenvalue weighted by atomic mass is 16.5. The summed E-state index contributed by atoms with van der Waals surface area (Å²) >= 11 is 0. The van der Waals surface area contributed by atoms with Gasteiger partial charge in [0.25, 0.3) is 0 Å². The average Bonchev–Trinajstić information content (AvgIpc) is 2.74. The molecule has 0 N–H and O–H groups in total. The lowest BCUT2D eigenvalue weighted by Gasteiger charge is -2.20. The minimum absolute atomic E-state index is 0.327. The fourth-order valence-corrected chi connectivity index (χ4v) is 3.41. The first-order valence-corrected chi connectivity index (χ1v) is 10.0. The van der Waals surface area contributed by atoms with Gasteiger partial charge in [-0.25, -0.2) is 4.79 Å². The maximum Gasteiger partial charge on any atom is 0.340 e. The largest absolute Gasteiger partial charge is 0.493 e. The Balaban J connectivity index is 1.76. The van der Waals surface area contributed by atoms with Crippen molar-refractivity contribution in [1.29, 1.82) is 0 Å². The van der Waals surface area contributed by atoms with Crippen molar-refractivity contribution >= 4 is 16.9 Å². The van der Waals surface area contributed by atoms with Crippen LogP contribution in [-0.2, 0) is 11.3 Å². The van der Waals surface area contributed by atoms with E-state index in [4.69, 9.17) is 19.2 Å². The number of hydrogen-bond acceptors (Lipinski definition) is 6. The van der Waals surface area contributed by atoms with E-state index in [1.807, 2.05) is 69.4 Å². The SMILES string of the molecule is CCOC(=O)c1c(CN(C)CCOc2ccccc2OC)nc2ccccc2c1C. The predicted octanol–water partition coefficient (Wildman–Crippen LogP) is 4.24. The number of aryl methyl sites for hydroxylation is 1. The molecule has 1 aromatic heterocycles. The number of nitrogens with zero attached hydrogens (tertiary/aromatic N) is 2. The van der Waals surface area contributed by atoms with Gasteiger partial charge in [0.05, 0.1) is 30.5 Å². The number of likely N-dealkylation sites (N-methyl/N-ethyl adjacent to an activating group) is 1. The van der Waals surface area contributed by atoms with Gasteiger partial charge in [-0.05, 0) is 44.7 Å². The van der Waals surface area contributed by atoms with Crippen molar-refractivity contribution in [3.63, 3.8) is 0 Å². The zero-order valence-corrected chi connectivity index (χ0v) is 18.0. The molecule has 0 saturated carbocycles. The Labute approximate surface area is 177 Å². The Kier molecular flexibility index (Phi) is 7.25. The molecule has 2 aromatic carbocycles. The number of pyridine rings is 1. The summed E-state index contributed by atoms with van der Waals surface area (Å²) in [5.41, 5.74) is 3.03. The van der Waals surface area contributed by atoms with Gasteiger partial charge in [-0.2, -0.15) is 0 Å². The van der Waals surface area contributed by atoms with Gasteiger partial charge >= 0.3 is 5.97 Å². The van der Waals surface area contributed by atoms with E-state index in [1.165, 1.54) is 0 Å². The maximum atomic E-state index is 12.7. The van der Waals surface area contributed by atoms with Crippen LogP contribution < -0.4 is 9.47 Å². The van der Waals surface area contributed by atoms with Gasteiger partial charge in [-0.3, -0.25) is 9.88 Å². The topological polar surface area (TPSA) is 60.9 Å². The van der Waals surface area contributed by atoms with E-state index < -0.39 is 0 Å². The van der Waals surface area contributed by atoms with Crippen LogP contribution >= 0.6 is 0 Å².